The summed E-state index contributed by atoms with van der Waals surface area (Å²) < 4.78 is 7.59. The molecule has 0 bridgehead atoms. The van der Waals surface area contributed by atoms with Gasteiger partial charge in [0.15, 0.2) is 0 Å². The third kappa shape index (κ3) is 4.18. The highest BCUT2D eigenvalue weighted by Gasteiger charge is 2.18. The Labute approximate surface area is 132 Å². The van der Waals surface area contributed by atoms with Gasteiger partial charge < -0.3 is 14.4 Å². The summed E-state index contributed by atoms with van der Waals surface area (Å²) in [6.45, 7) is 6.29. The zero-order chi connectivity index (χ0) is 15.8. The number of hydrogen-bond acceptors (Lipinski definition) is 3. The minimum atomic E-state index is 0.0677. The van der Waals surface area contributed by atoms with Crippen LogP contribution >= 0.6 is 0 Å². The van der Waals surface area contributed by atoms with E-state index in [1.807, 2.05) is 24.5 Å². The fourth-order valence-electron chi connectivity index (χ4n) is 2.80. The largest absolute Gasteiger partial charge is 0.394 e. The molecule has 2 aromatic rings. The molecule has 0 spiro atoms. The maximum absolute atomic E-state index is 8.78. The van der Waals surface area contributed by atoms with Crippen molar-refractivity contribution >= 4 is 0 Å². The Kier molecular flexibility index (Phi) is 6.62. The second-order valence-electron chi connectivity index (χ2n) is 5.56. The molecule has 0 aliphatic carbocycles. The van der Waals surface area contributed by atoms with Gasteiger partial charge in [-0.2, -0.15) is 0 Å². The second-order valence-corrected chi connectivity index (χ2v) is 5.56. The number of rotatable bonds is 9. The minimum Gasteiger partial charge on any atom is -0.394 e. The van der Waals surface area contributed by atoms with Gasteiger partial charge in [0, 0.05) is 17.8 Å². The molecule has 22 heavy (non-hydrogen) atoms. The molecular weight excluding hydrogens is 276 g/mol. The average molecular weight is 302 g/mol. The number of aromatic nitrogens is 2. The first kappa shape index (κ1) is 16.7. The molecule has 0 aliphatic heterocycles. The molecule has 1 N–H and O–H groups in total. The molecule has 0 amide bonds. The van der Waals surface area contributed by atoms with Gasteiger partial charge in [0.25, 0.3) is 0 Å². The van der Waals surface area contributed by atoms with Gasteiger partial charge in [-0.15, -0.1) is 0 Å². The lowest BCUT2D eigenvalue weighted by molar-refractivity contribution is 0.0865. The van der Waals surface area contributed by atoms with Gasteiger partial charge in [-0.1, -0.05) is 50.6 Å². The molecule has 1 unspecified atom stereocenters. The predicted octanol–water partition coefficient (Wildman–Crippen LogP) is 3.46. The normalized spacial score (nSPS) is 12.5. The van der Waals surface area contributed by atoms with Crippen molar-refractivity contribution in [2.75, 3.05) is 19.8 Å². The van der Waals surface area contributed by atoms with Gasteiger partial charge in [-0.05, 0) is 12.3 Å². The smallest absolute Gasteiger partial charge is 0.0956 e. The molecule has 1 atom stereocenters. The SMILES string of the molecule is CCCC(C)c1c(-c2ccccc2)ncn1CCOCCO. The summed E-state index contributed by atoms with van der Waals surface area (Å²) in [4.78, 5) is 4.65. The van der Waals surface area contributed by atoms with E-state index < -0.39 is 0 Å². The van der Waals surface area contributed by atoms with Crippen LogP contribution in [-0.4, -0.2) is 34.5 Å². The van der Waals surface area contributed by atoms with Crippen LogP contribution in [0.25, 0.3) is 11.3 Å². The molecule has 2 rings (SSSR count). The van der Waals surface area contributed by atoms with E-state index >= 15 is 0 Å². The Morgan fingerprint density at radius 1 is 1.23 bits per heavy atom. The Morgan fingerprint density at radius 2 is 2.00 bits per heavy atom. The molecule has 0 saturated carbocycles. The van der Waals surface area contributed by atoms with E-state index in [0.29, 0.717) is 19.1 Å². The van der Waals surface area contributed by atoms with Gasteiger partial charge >= 0.3 is 0 Å². The maximum atomic E-state index is 8.78. The van der Waals surface area contributed by atoms with Crippen molar-refractivity contribution in [2.45, 2.75) is 39.2 Å². The van der Waals surface area contributed by atoms with E-state index in [2.05, 4.69) is 35.5 Å². The van der Waals surface area contributed by atoms with Crippen molar-refractivity contribution in [1.82, 2.24) is 9.55 Å². The highest BCUT2D eigenvalue weighted by atomic mass is 16.5. The fourth-order valence-corrected chi connectivity index (χ4v) is 2.80. The summed E-state index contributed by atoms with van der Waals surface area (Å²) in [7, 11) is 0. The molecule has 0 fully saturated rings. The highest BCUT2D eigenvalue weighted by molar-refractivity contribution is 5.62. The van der Waals surface area contributed by atoms with E-state index in [1.54, 1.807) is 0 Å². The lowest BCUT2D eigenvalue weighted by Crippen LogP contribution is -2.12. The number of benzene rings is 1. The third-order valence-electron chi connectivity index (χ3n) is 3.83. The van der Waals surface area contributed by atoms with Crippen LogP contribution in [0.5, 0.6) is 0 Å². The summed E-state index contributed by atoms with van der Waals surface area (Å²) >= 11 is 0. The van der Waals surface area contributed by atoms with Gasteiger partial charge in [0.05, 0.1) is 31.8 Å². The van der Waals surface area contributed by atoms with Crippen LogP contribution in [-0.2, 0) is 11.3 Å². The molecule has 1 aromatic heterocycles. The first-order chi connectivity index (χ1) is 10.8. The Bertz CT molecular complexity index is 551. The number of aliphatic hydroxyl groups is 1. The quantitative estimate of drug-likeness (QED) is 0.722. The molecule has 1 aromatic carbocycles. The lowest BCUT2D eigenvalue weighted by atomic mass is 9.97. The molecule has 0 saturated heterocycles. The van der Waals surface area contributed by atoms with Gasteiger partial charge in [0.2, 0.25) is 0 Å². The first-order valence-corrected chi connectivity index (χ1v) is 8.07. The third-order valence-corrected chi connectivity index (χ3v) is 3.83. The summed E-state index contributed by atoms with van der Waals surface area (Å²) in [6.07, 6.45) is 4.21. The fraction of sp³-hybridized carbons (Fsp3) is 0.500. The van der Waals surface area contributed by atoms with Crippen LogP contribution in [0.2, 0.25) is 0 Å². The number of aliphatic hydroxyl groups excluding tert-OH is 1. The standard InChI is InChI=1S/C18H26N2O2/c1-3-7-15(2)18-17(16-8-5-4-6-9-16)19-14-20(18)10-12-22-13-11-21/h4-6,8-9,14-15,21H,3,7,10-13H2,1-2H3. The van der Waals surface area contributed by atoms with E-state index in [9.17, 15) is 0 Å². The highest BCUT2D eigenvalue weighted by Crippen LogP contribution is 2.30. The molecule has 0 aliphatic rings. The summed E-state index contributed by atoms with van der Waals surface area (Å²) in [5.41, 5.74) is 3.51. The van der Waals surface area contributed by atoms with Crippen molar-refractivity contribution in [2.24, 2.45) is 0 Å². The summed E-state index contributed by atoms with van der Waals surface area (Å²) in [5, 5.41) is 8.78. The molecule has 0 radical (unpaired) electrons. The van der Waals surface area contributed by atoms with Crippen LogP contribution < -0.4 is 0 Å². The van der Waals surface area contributed by atoms with Crippen LogP contribution in [0.1, 0.15) is 38.3 Å². The van der Waals surface area contributed by atoms with Crippen LogP contribution in [0.15, 0.2) is 36.7 Å². The van der Waals surface area contributed by atoms with Crippen molar-refractivity contribution in [3.63, 3.8) is 0 Å². The van der Waals surface area contributed by atoms with Crippen LogP contribution in [0.3, 0.4) is 0 Å². The molecule has 1 heterocycles. The van der Waals surface area contributed by atoms with E-state index in [-0.39, 0.29) is 6.61 Å². The number of hydrogen-bond donors (Lipinski definition) is 1. The minimum absolute atomic E-state index is 0.0677. The topological polar surface area (TPSA) is 47.3 Å². The van der Waals surface area contributed by atoms with Crippen LogP contribution in [0, 0.1) is 0 Å². The molecular formula is C18H26N2O2. The zero-order valence-electron chi connectivity index (χ0n) is 13.5. The Morgan fingerprint density at radius 3 is 2.68 bits per heavy atom. The lowest BCUT2D eigenvalue weighted by Gasteiger charge is -2.16. The van der Waals surface area contributed by atoms with Gasteiger partial charge in [-0.3, -0.25) is 0 Å². The van der Waals surface area contributed by atoms with Crippen molar-refractivity contribution in [1.29, 1.82) is 0 Å². The zero-order valence-corrected chi connectivity index (χ0v) is 13.5. The summed E-state index contributed by atoms with van der Waals surface area (Å²) in [6, 6.07) is 10.3. The maximum Gasteiger partial charge on any atom is 0.0956 e. The Hall–Kier alpha value is -1.65. The van der Waals surface area contributed by atoms with Crippen molar-refractivity contribution in [3.05, 3.63) is 42.4 Å². The van der Waals surface area contributed by atoms with Crippen LogP contribution in [0.4, 0.5) is 0 Å². The second kappa shape index (κ2) is 8.71. The van der Waals surface area contributed by atoms with E-state index in [0.717, 1.165) is 30.6 Å². The number of nitrogens with zero attached hydrogens (tertiary/aromatic N) is 2. The number of imidazole rings is 1. The monoisotopic (exact) mass is 302 g/mol. The molecule has 120 valence electrons. The number of ether oxygens (including phenoxy) is 1. The molecule has 4 nitrogen and oxygen atoms in total. The molecule has 4 heteroatoms. The Balaban J connectivity index is 2.24. The van der Waals surface area contributed by atoms with Crippen molar-refractivity contribution in [3.8, 4) is 11.3 Å². The van der Waals surface area contributed by atoms with Gasteiger partial charge in [-0.25, -0.2) is 4.98 Å². The van der Waals surface area contributed by atoms with E-state index in [1.165, 1.54) is 5.69 Å². The van der Waals surface area contributed by atoms with Gasteiger partial charge in [0.1, 0.15) is 0 Å². The van der Waals surface area contributed by atoms with E-state index in [4.69, 9.17) is 9.84 Å². The predicted molar refractivity (Wildman–Crippen MR) is 88.9 cm³/mol. The van der Waals surface area contributed by atoms with Crippen molar-refractivity contribution < 1.29 is 9.84 Å². The average Bonchev–Trinajstić information content (AvgIpc) is 2.96. The summed E-state index contributed by atoms with van der Waals surface area (Å²) in [5.74, 6) is 0.459. The first-order valence-electron chi connectivity index (χ1n) is 8.07.